The Morgan fingerprint density at radius 1 is 1.06 bits per heavy atom. The van der Waals surface area contributed by atoms with Crippen molar-refractivity contribution in [1.82, 2.24) is 14.7 Å². The van der Waals surface area contributed by atoms with Crippen LogP contribution in [-0.2, 0) is 4.79 Å². The molecule has 0 bridgehead atoms. The molecule has 6 heteroatoms. The zero-order valence-corrected chi connectivity index (χ0v) is 19.0. The van der Waals surface area contributed by atoms with Crippen LogP contribution in [0.1, 0.15) is 30.9 Å². The maximum Gasteiger partial charge on any atom is 0.245 e. The Labute approximate surface area is 194 Å². The molecule has 2 aliphatic heterocycles. The molecule has 1 atom stereocenters. The molecule has 1 saturated heterocycles. The maximum atomic E-state index is 12.0. The van der Waals surface area contributed by atoms with Gasteiger partial charge in [0.2, 0.25) is 5.91 Å². The lowest BCUT2D eigenvalue weighted by Crippen LogP contribution is -2.41. The summed E-state index contributed by atoms with van der Waals surface area (Å²) < 4.78 is 8.15. The molecule has 3 heterocycles. The van der Waals surface area contributed by atoms with E-state index in [1.165, 1.54) is 11.6 Å². The van der Waals surface area contributed by atoms with Crippen molar-refractivity contribution >= 4 is 11.7 Å². The van der Waals surface area contributed by atoms with Crippen LogP contribution in [0.3, 0.4) is 0 Å². The smallest absolute Gasteiger partial charge is 0.245 e. The number of aromatic nitrogens is 2. The van der Waals surface area contributed by atoms with Crippen molar-refractivity contribution in [3.8, 4) is 22.8 Å². The molecule has 2 aliphatic rings. The number of fused-ring (bicyclic) bond motifs is 1. The molecule has 0 spiro atoms. The molecular formula is C27H30N4O2. The number of likely N-dealkylation sites (tertiary alicyclic amines) is 1. The molecule has 1 N–H and O–H groups in total. The molecule has 1 fully saturated rings. The molecule has 2 aromatic carbocycles. The van der Waals surface area contributed by atoms with Gasteiger partial charge >= 0.3 is 0 Å². The number of carbonyl (C=O) groups excluding carboxylic acids is 1. The fourth-order valence-corrected chi connectivity index (χ4v) is 5.08. The first-order valence-corrected chi connectivity index (χ1v) is 11.7. The summed E-state index contributed by atoms with van der Waals surface area (Å²) in [5, 5.41) is 8.65. The minimum atomic E-state index is 0.0383. The number of anilines is 1. The third-order valence-corrected chi connectivity index (χ3v) is 6.87. The van der Waals surface area contributed by atoms with Gasteiger partial charge in [0, 0.05) is 30.8 Å². The second-order valence-corrected chi connectivity index (χ2v) is 8.86. The summed E-state index contributed by atoms with van der Waals surface area (Å²) in [4.78, 5) is 13.9. The van der Waals surface area contributed by atoms with E-state index in [1.54, 1.807) is 0 Å². The monoisotopic (exact) mass is 442 g/mol. The summed E-state index contributed by atoms with van der Waals surface area (Å²) in [5.74, 6) is 3.32. The number of para-hydroxylation sites is 1. The van der Waals surface area contributed by atoms with Gasteiger partial charge in [0.25, 0.3) is 0 Å². The molecule has 0 unspecified atom stereocenters. The number of amides is 1. The van der Waals surface area contributed by atoms with Crippen LogP contribution in [0.5, 0.6) is 11.5 Å². The van der Waals surface area contributed by atoms with Crippen molar-refractivity contribution in [2.45, 2.75) is 32.2 Å². The van der Waals surface area contributed by atoms with E-state index in [9.17, 15) is 4.79 Å². The summed E-state index contributed by atoms with van der Waals surface area (Å²) >= 11 is 0. The number of nitrogens with one attached hydrogen (secondary N) is 1. The highest BCUT2D eigenvalue weighted by atomic mass is 16.5. The van der Waals surface area contributed by atoms with E-state index in [4.69, 9.17) is 9.84 Å². The summed E-state index contributed by atoms with van der Waals surface area (Å²) in [6, 6.07) is 18.3. The lowest BCUT2D eigenvalue weighted by molar-refractivity contribution is -0.127. The molecule has 3 aromatic rings. The quantitative estimate of drug-likeness (QED) is 0.535. The van der Waals surface area contributed by atoms with E-state index < -0.39 is 0 Å². The molecule has 0 saturated carbocycles. The van der Waals surface area contributed by atoms with E-state index in [2.05, 4.69) is 35.6 Å². The highest BCUT2D eigenvalue weighted by Crippen LogP contribution is 2.39. The standard InChI is InChI=1S/C27H30N4O2/c1-3-25(32)30-17-14-20(15-18-30)24-13-16-28-27-19(2)26(29-31(24)27)21-9-11-23(12-10-21)33-22-7-5-4-6-8-22/h3-12,20,24,28H,1,13-18H2,2H3/t24-/m0/s1. The Bertz CT molecular complexity index is 1130. The average molecular weight is 443 g/mol. The van der Waals surface area contributed by atoms with Gasteiger partial charge in [0.1, 0.15) is 17.3 Å². The molecule has 5 rings (SSSR count). The highest BCUT2D eigenvalue weighted by Gasteiger charge is 2.33. The first kappa shape index (κ1) is 21.3. The van der Waals surface area contributed by atoms with Crippen molar-refractivity contribution in [3.05, 3.63) is 72.8 Å². The number of rotatable bonds is 5. The van der Waals surface area contributed by atoms with Gasteiger partial charge in [-0.25, -0.2) is 4.68 Å². The first-order chi connectivity index (χ1) is 16.1. The fourth-order valence-electron chi connectivity index (χ4n) is 5.08. The number of hydrogen-bond donors (Lipinski definition) is 1. The molecule has 0 radical (unpaired) electrons. The largest absolute Gasteiger partial charge is 0.457 e. The summed E-state index contributed by atoms with van der Waals surface area (Å²) in [5.41, 5.74) is 3.27. The molecule has 1 amide bonds. The topological polar surface area (TPSA) is 59.4 Å². The van der Waals surface area contributed by atoms with Crippen molar-refractivity contribution in [3.63, 3.8) is 0 Å². The van der Waals surface area contributed by atoms with Crippen molar-refractivity contribution in [2.75, 3.05) is 25.0 Å². The molecule has 0 aliphatic carbocycles. The van der Waals surface area contributed by atoms with E-state index >= 15 is 0 Å². The van der Waals surface area contributed by atoms with Crippen LogP contribution in [0.15, 0.2) is 67.3 Å². The van der Waals surface area contributed by atoms with Crippen LogP contribution >= 0.6 is 0 Å². The van der Waals surface area contributed by atoms with E-state index in [0.717, 1.165) is 67.5 Å². The second kappa shape index (κ2) is 9.14. The summed E-state index contributed by atoms with van der Waals surface area (Å²) in [6.07, 6.45) is 4.48. The van der Waals surface area contributed by atoms with Crippen LogP contribution in [0.25, 0.3) is 11.3 Å². The van der Waals surface area contributed by atoms with Gasteiger partial charge in [-0.2, -0.15) is 5.10 Å². The van der Waals surface area contributed by atoms with Crippen molar-refractivity contribution < 1.29 is 9.53 Å². The number of hydrogen-bond acceptors (Lipinski definition) is 4. The normalized spacial score (nSPS) is 18.3. The Morgan fingerprint density at radius 3 is 2.45 bits per heavy atom. The van der Waals surface area contributed by atoms with Gasteiger partial charge in [0.15, 0.2) is 0 Å². The van der Waals surface area contributed by atoms with Gasteiger partial charge in [-0.05, 0) is 74.6 Å². The van der Waals surface area contributed by atoms with E-state index in [0.29, 0.717) is 12.0 Å². The Morgan fingerprint density at radius 2 is 1.76 bits per heavy atom. The first-order valence-electron chi connectivity index (χ1n) is 11.7. The van der Waals surface area contributed by atoms with Gasteiger partial charge in [-0.1, -0.05) is 24.8 Å². The van der Waals surface area contributed by atoms with Gasteiger partial charge in [-0.15, -0.1) is 0 Å². The van der Waals surface area contributed by atoms with Crippen molar-refractivity contribution in [2.24, 2.45) is 5.92 Å². The number of piperidine rings is 1. The van der Waals surface area contributed by atoms with Gasteiger partial charge in [0.05, 0.1) is 11.7 Å². The van der Waals surface area contributed by atoms with Crippen LogP contribution in [0.4, 0.5) is 5.82 Å². The van der Waals surface area contributed by atoms with E-state index in [1.807, 2.05) is 47.4 Å². The number of ether oxygens (including phenoxy) is 1. The van der Waals surface area contributed by atoms with E-state index in [-0.39, 0.29) is 5.91 Å². The predicted octanol–water partition coefficient (Wildman–Crippen LogP) is 5.43. The lowest BCUT2D eigenvalue weighted by Gasteiger charge is -2.38. The molecule has 6 nitrogen and oxygen atoms in total. The zero-order chi connectivity index (χ0) is 22.8. The minimum Gasteiger partial charge on any atom is -0.457 e. The predicted molar refractivity (Wildman–Crippen MR) is 131 cm³/mol. The van der Waals surface area contributed by atoms with Crippen LogP contribution in [0, 0.1) is 12.8 Å². The summed E-state index contributed by atoms with van der Waals surface area (Å²) in [6.45, 7) is 8.31. The van der Waals surface area contributed by atoms with Crippen LogP contribution < -0.4 is 10.1 Å². The molecular weight excluding hydrogens is 412 g/mol. The average Bonchev–Trinajstić information content (AvgIpc) is 3.21. The highest BCUT2D eigenvalue weighted by molar-refractivity contribution is 5.87. The number of benzene rings is 2. The SMILES string of the molecule is C=CC(=O)N1CCC([C@@H]2CCNc3c(C)c(-c4ccc(Oc5ccccc5)cc4)nn32)CC1. The Kier molecular flexibility index (Phi) is 5.90. The molecule has 33 heavy (non-hydrogen) atoms. The second-order valence-electron chi connectivity index (χ2n) is 8.86. The third kappa shape index (κ3) is 4.25. The Balaban J connectivity index is 1.35. The van der Waals surface area contributed by atoms with Crippen LogP contribution in [0.2, 0.25) is 0 Å². The molecule has 170 valence electrons. The van der Waals surface area contributed by atoms with Crippen molar-refractivity contribution in [1.29, 1.82) is 0 Å². The van der Waals surface area contributed by atoms with Gasteiger partial charge < -0.3 is 15.0 Å². The number of nitrogens with zero attached hydrogens (tertiary/aromatic N) is 3. The summed E-state index contributed by atoms with van der Waals surface area (Å²) in [7, 11) is 0. The molecule has 1 aromatic heterocycles. The zero-order valence-electron chi connectivity index (χ0n) is 19.0. The van der Waals surface area contributed by atoms with Crippen LogP contribution in [-0.4, -0.2) is 40.2 Å². The Hall–Kier alpha value is -3.54. The minimum absolute atomic E-state index is 0.0383. The lowest BCUT2D eigenvalue weighted by atomic mass is 9.87. The third-order valence-electron chi connectivity index (χ3n) is 6.87. The number of carbonyl (C=O) groups is 1. The maximum absolute atomic E-state index is 12.0. The fraction of sp³-hybridized carbons (Fsp3) is 0.333. The van der Waals surface area contributed by atoms with Gasteiger partial charge in [-0.3, -0.25) is 4.79 Å².